The van der Waals surface area contributed by atoms with Gasteiger partial charge in [0.15, 0.2) is 0 Å². The Morgan fingerprint density at radius 2 is 1.00 bits per heavy atom. The normalized spacial score (nSPS) is 14.7. The molecule has 4 aromatic carbocycles. The van der Waals surface area contributed by atoms with Gasteiger partial charge in [-0.3, -0.25) is 29.8 Å². The first-order chi connectivity index (χ1) is 15.5. The minimum absolute atomic E-state index is 0.415. The molecule has 6 heteroatoms. The average molecular weight is 420 g/mol. The number of hydrogen-bond acceptors (Lipinski definition) is 4. The van der Waals surface area contributed by atoms with E-state index in [-0.39, 0.29) is 0 Å². The van der Waals surface area contributed by atoms with Gasteiger partial charge in [-0.05, 0) is 69.2 Å². The summed E-state index contributed by atoms with van der Waals surface area (Å²) in [5.74, 6) is -1.66. The van der Waals surface area contributed by atoms with Gasteiger partial charge in [0.25, 0.3) is 23.6 Å². The van der Waals surface area contributed by atoms with Crippen LogP contribution in [0.25, 0.3) is 32.3 Å². The molecule has 0 spiro atoms. The molecule has 0 saturated heterocycles. The van der Waals surface area contributed by atoms with Gasteiger partial charge in [0.2, 0.25) is 0 Å². The van der Waals surface area contributed by atoms with Gasteiger partial charge in [-0.25, -0.2) is 0 Å². The molecule has 2 heterocycles. The molecular weight excluding hydrogens is 404 g/mol. The van der Waals surface area contributed by atoms with Crippen molar-refractivity contribution in [2.75, 3.05) is 0 Å². The van der Waals surface area contributed by atoms with Gasteiger partial charge in [-0.1, -0.05) is 31.2 Å². The molecule has 6 nitrogen and oxygen atoms in total. The second kappa shape index (κ2) is 6.34. The van der Waals surface area contributed by atoms with Crippen LogP contribution in [0.2, 0.25) is 0 Å². The Morgan fingerprint density at radius 1 is 0.562 bits per heavy atom. The number of carbonyl (C=O) groups is 4. The third-order valence-corrected chi connectivity index (χ3v) is 6.39. The maximum Gasteiger partial charge on any atom is 0.258 e. The molecule has 4 bridgehead atoms. The van der Waals surface area contributed by atoms with Gasteiger partial charge < -0.3 is 0 Å². The number of imide groups is 2. The Balaban J connectivity index is 1.86. The lowest BCUT2D eigenvalue weighted by molar-refractivity contribution is 0.0825. The van der Waals surface area contributed by atoms with Crippen molar-refractivity contribution in [1.29, 1.82) is 0 Å². The van der Waals surface area contributed by atoms with E-state index < -0.39 is 23.6 Å². The van der Waals surface area contributed by atoms with E-state index in [2.05, 4.69) is 10.6 Å². The fourth-order valence-electron chi connectivity index (χ4n) is 4.93. The molecule has 2 aliphatic rings. The molecule has 0 radical (unpaired) electrons. The quantitative estimate of drug-likeness (QED) is 0.455. The van der Waals surface area contributed by atoms with E-state index >= 15 is 0 Å². The summed E-state index contributed by atoms with van der Waals surface area (Å²) in [6.07, 6.45) is 0.545. The minimum Gasteiger partial charge on any atom is -0.288 e. The van der Waals surface area contributed by atoms with Crippen molar-refractivity contribution in [3.63, 3.8) is 0 Å². The molecule has 32 heavy (non-hydrogen) atoms. The monoisotopic (exact) mass is 420 g/mol. The van der Waals surface area contributed by atoms with E-state index in [1.807, 2.05) is 37.3 Å². The van der Waals surface area contributed by atoms with E-state index in [9.17, 15) is 19.2 Å². The predicted molar refractivity (Wildman–Crippen MR) is 121 cm³/mol. The van der Waals surface area contributed by atoms with Gasteiger partial charge in [0.1, 0.15) is 0 Å². The van der Waals surface area contributed by atoms with Crippen molar-refractivity contribution >= 4 is 55.9 Å². The van der Waals surface area contributed by atoms with Crippen molar-refractivity contribution in [3.8, 4) is 0 Å². The molecule has 0 saturated carbocycles. The molecule has 2 N–H and O–H groups in total. The second-order valence-electron chi connectivity index (χ2n) is 8.02. The summed E-state index contributed by atoms with van der Waals surface area (Å²) >= 11 is 0. The lowest BCUT2D eigenvalue weighted by atomic mass is 9.87. The smallest absolute Gasteiger partial charge is 0.258 e. The number of fused-ring (bicyclic) bond motifs is 6. The summed E-state index contributed by atoms with van der Waals surface area (Å²) in [6, 6.07) is 16.4. The third-order valence-electron chi connectivity index (χ3n) is 6.39. The van der Waals surface area contributed by atoms with Crippen LogP contribution in [0.15, 0.2) is 54.6 Å². The number of nitrogens with one attached hydrogen (secondary N) is 2. The molecule has 2 aliphatic heterocycles. The van der Waals surface area contributed by atoms with Gasteiger partial charge in [-0.15, -0.1) is 0 Å². The highest BCUT2D eigenvalue weighted by Crippen LogP contribution is 2.38. The molecule has 0 unspecified atom stereocenters. The number of amides is 4. The molecule has 0 fully saturated rings. The van der Waals surface area contributed by atoms with Crippen LogP contribution in [-0.2, 0) is 6.42 Å². The molecule has 154 valence electrons. The highest BCUT2D eigenvalue weighted by molar-refractivity contribution is 6.33. The first-order valence-electron chi connectivity index (χ1n) is 10.3. The summed E-state index contributed by atoms with van der Waals surface area (Å²) in [4.78, 5) is 50.0. The first kappa shape index (κ1) is 18.4. The molecular formula is C26H16N2O4. The first-order valence-corrected chi connectivity index (χ1v) is 10.3. The number of hydrogen-bond donors (Lipinski definition) is 2. The van der Waals surface area contributed by atoms with Gasteiger partial charge in [-0.2, -0.15) is 0 Å². The summed E-state index contributed by atoms with van der Waals surface area (Å²) in [6.45, 7) is 1.92. The van der Waals surface area contributed by atoms with Gasteiger partial charge >= 0.3 is 0 Å². The van der Waals surface area contributed by atoms with Crippen LogP contribution in [0, 0.1) is 0 Å². The van der Waals surface area contributed by atoms with Crippen LogP contribution in [-0.4, -0.2) is 23.6 Å². The summed E-state index contributed by atoms with van der Waals surface area (Å²) in [7, 11) is 0. The van der Waals surface area contributed by atoms with Crippen molar-refractivity contribution in [2.45, 2.75) is 13.3 Å². The van der Waals surface area contributed by atoms with Crippen molar-refractivity contribution < 1.29 is 19.2 Å². The van der Waals surface area contributed by atoms with Crippen LogP contribution < -0.4 is 10.6 Å². The number of rotatable bonds is 1. The van der Waals surface area contributed by atoms with Crippen molar-refractivity contribution in [1.82, 2.24) is 10.6 Å². The zero-order chi connectivity index (χ0) is 22.1. The number of benzene rings is 3. The van der Waals surface area contributed by atoms with Crippen molar-refractivity contribution in [3.05, 3.63) is 82.4 Å². The molecule has 4 amide bonds. The zero-order valence-corrected chi connectivity index (χ0v) is 17.0. The van der Waals surface area contributed by atoms with Crippen molar-refractivity contribution in [2.24, 2.45) is 0 Å². The van der Waals surface area contributed by atoms with E-state index in [0.29, 0.717) is 39.6 Å². The standard InChI is InChI=1S/C26H16N2O4/c1-2-14-17-5-3-12-11-13(4-6-18(14)24(30)27-23(17)29)16-8-10-20-22-19(25(31)28-26(20)32)9-7-15(12)21(16)22/h3-11H,2H2,1H3,(H,27,29,30)(H,28,31,32). The van der Waals surface area contributed by atoms with E-state index in [1.165, 1.54) is 0 Å². The average Bonchev–Trinajstić information content (AvgIpc) is 2.78. The molecule has 0 atom stereocenters. The predicted octanol–water partition coefficient (Wildman–Crippen LogP) is 4.04. The Hall–Kier alpha value is -4.32. The Bertz CT molecular complexity index is 1520. The van der Waals surface area contributed by atoms with E-state index in [1.54, 1.807) is 24.3 Å². The van der Waals surface area contributed by atoms with Crippen LogP contribution in [0.5, 0.6) is 0 Å². The fourth-order valence-corrected chi connectivity index (χ4v) is 4.93. The van der Waals surface area contributed by atoms with E-state index in [4.69, 9.17) is 0 Å². The molecule has 6 rings (SSSR count). The maximum atomic E-state index is 12.5. The Morgan fingerprint density at radius 3 is 1.47 bits per heavy atom. The Labute approximate surface area is 181 Å². The molecule has 0 aliphatic carbocycles. The van der Waals surface area contributed by atoms with Gasteiger partial charge in [0.05, 0.1) is 0 Å². The fraction of sp³-hybridized carbons (Fsp3) is 0.0769. The highest BCUT2D eigenvalue weighted by Gasteiger charge is 2.27. The highest BCUT2D eigenvalue weighted by atomic mass is 16.2. The SMILES string of the molecule is CCc1c2ccc3cc(ccc1C(=O)NC2=O)c1ccc2c4c(ccc3c41)C(=O)NC2=O. The second-order valence-corrected chi connectivity index (χ2v) is 8.02. The summed E-state index contributed by atoms with van der Waals surface area (Å²) in [5, 5.41) is 9.74. The zero-order valence-electron chi connectivity index (χ0n) is 17.0. The van der Waals surface area contributed by atoms with Crippen LogP contribution >= 0.6 is 0 Å². The van der Waals surface area contributed by atoms with Crippen LogP contribution in [0.4, 0.5) is 0 Å². The Kier molecular flexibility index (Phi) is 3.66. The summed E-state index contributed by atoms with van der Waals surface area (Å²) in [5.41, 5.74) is 2.54. The lowest BCUT2D eigenvalue weighted by Gasteiger charge is -2.20. The number of carbonyl (C=O) groups excluding carboxylic acids is 4. The largest absolute Gasteiger partial charge is 0.288 e. The van der Waals surface area contributed by atoms with Crippen LogP contribution in [0.1, 0.15) is 53.9 Å². The minimum atomic E-state index is -0.416. The maximum absolute atomic E-state index is 12.5. The topological polar surface area (TPSA) is 92.3 Å². The van der Waals surface area contributed by atoms with Crippen LogP contribution in [0.3, 0.4) is 0 Å². The lowest BCUT2D eigenvalue weighted by Crippen LogP contribution is -2.36. The third kappa shape index (κ3) is 2.34. The van der Waals surface area contributed by atoms with E-state index in [0.717, 1.165) is 26.9 Å². The van der Waals surface area contributed by atoms with Gasteiger partial charge in [0, 0.05) is 27.6 Å². The molecule has 4 aromatic rings. The molecule has 0 aromatic heterocycles. The summed E-state index contributed by atoms with van der Waals surface area (Å²) < 4.78 is 0.